The van der Waals surface area contributed by atoms with Crippen molar-refractivity contribution in [2.75, 3.05) is 19.6 Å². The molecular formula is C21H22F3N5OS. The molecule has 6 nitrogen and oxygen atoms in total. The number of thiophene rings is 1. The molecular weight excluding hydrogens is 427 g/mol. The van der Waals surface area contributed by atoms with E-state index in [0.29, 0.717) is 17.8 Å². The Morgan fingerprint density at radius 3 is 2.61 bits per heavy atom. The number of rotatable bonds is 6. The number of hydrogen-bond acceptors (Lipinski definition) is 5. The minimum atomic E-state index is -4.45. The first-order valence-electron chi connectivity index (χ1n) is 9.98. The van der Waals surface area contributed by atoms with Gasteiger partial charge in [0.1, 0.15) is 0 Å². The van der Waals surface area contributed by atoms with Crippen LogP contribution in [0.4, 0.5) is 13.2 Å². The van der Waals surface area contributed by atoms with Crippen molar-refractivity contribution in [3.63, 3.8) is 0 Å². The Hall–Kier alpha value is -2.72. The third kappa shape index (κ3) is 4.64. The Morgan fingerprint density at radius 2 is 2.00 bits per heavy atom. The summed E-state index contributed by atoms with van der Waals surface area (Å²) < 4.78 is 39.6. The molecule has 10 heteroatoms. The standard InChI is InChI=1S/C21H22F3N5OS/c1-14-16(12-27-29(14)19-7-6-15(11-25-19)21(22,23)24)20(30)26-13-17(18-5-4-10-31-18)28-8-2-3-9-28/h4-7,10-12,17H,2-3,8-9,13H2,1H3,(H,26,30). The molecule has 0 bridgehead atoms. The largest absolute Gasteiger partial charge is 0.417 e. The zero-order chi connectivity index (χ0) is 22.0. The Bertz CT molecular complexity index is 1020. The van der Waals surface area contributed by atoms with E-state index in [0.717, 1.165) is 38.2 Å². The van der Waals surface area contributed by atoms with Crippen molar-refractivity contribution < 1.29 is 18.0 Å². The lowest BCUT2D eigenvalue weighted by molar-refractivity contribution is -0.137. The summed E-state index contributed by atoms with van der Waals surface area (Å²) in [6.45, 7) is 4.19. The highest BCUT2D eigenvalue weighted by molar-refractivity contribution is 7.10. The molecule has 1 saturated heterocycles. The number of alkyl halides is 3. The number of likely N-dealkylation sites (tertiary alicyclic amines) is 1. The van der Waals surface area contributed by atoms with Crippen molar-refractivity contribution in [2.45, 2.75) is 32.0 Å². The van der Waals surface area contributed by atoms with Crippen molar-refractivity contribution in [1.29, 1.82) is 0 Å². The van der Waals surface area contributed by atoms with Gasteiger partial charge in [-0.2, -0.15) is 18.3 Å². The number of aromatic nitrogens is 3. The second kappa shape index (κ2) is 8.80. The summed E-state index contributed by atoms with van der Waals surface area (Å²) in [6.07, 6.45) is 0.0335. The molecule has 1 aliphatic rings. The summed E-state index contributed by atoms with van der Waals surface area (Å²) in [5.74, 6) is -0.0468. The number of nitrogens with zero attached hydrogens (tertiary/aromatic N) is 4. The van der Waals surface area contributed by atoms with Gasteiger partial charge >= 0.3 is 6.18 Å². The number of nitrogens with one attached hydrogen (secondary N) is 1. The maximum Gasteiger partial charge on any atom is 0.417 e. The van der Waals surface area contributed by atoms with Gasteiger partial charge < -0.3 is 5.32 Å². The lowest BCUT2D eigenvalue weighted by atomic mass is 10.2. The van der Waals surface area contributed by atoms with Crippen LogP contribution in [0.5, 0.6) is 0 Å². The molecule has 1 aliphatic heterocycles. The maximum atomic E-state index is 12.8. The first-order chi connectivity index (χ1) is 14.8. The maximum absolute atomic E-state index is 12.8. The predicted molar refractivity (Wildman–Crippen MR) is 111 cm³/mol. The van der Waals surface area contributed by atoms with E-state index in [2.05, 4.69) is 26.4 Å². The third-order valence-corrected chi connectivity index (χ3v) is 6.43. The Kier molecular flexibility index (Phi) is 6.10. The molecule has 1 amide bonds. The number of carbonyl (C=O) groups is 1. The first kappa shape index (κ1) is 21.5. The van der Waals surface area contributed by atoms with E-state index in [1.807, 2.05) is 11.4 Å². The number of pyridine rings is 1. The number of carbonyl (C=O) groups excluding carboxylic acids is 1. The topological polar surface area (TPSA) is 63.1 Å². The van der Waals surface area contributed by atoms with Crippen LogP contribution in [0.15, 0.2) is 42.0 Å². The number of halogens is 3. The molecule has 0 saturated carbocycles. The van der Waals surface area contributed by atoms with Gasteiger partial charge in [-0.3, -0.25) is 9.69 Å². The minimum Gasteiger partial charge on any atom is -0.350 e. The summed E-state index contributed by atoms with van der Waals surface area (Å²) in [7, 11) is 0. The molecule has 0 aromatic carbocycles. The molecule has 3 aromatic rings. The summed E-state index contributed by atoms with van der Waals surface area (Å²) in [6, 6.07) is 6.41. The predicted octanol–water partition coefficient (Wildman–Crippen LogP) is 4.22. The lowest BCUT2D eigenvalue weighted by Crippen LogP contribution is -2.36. The van der Waals surface area contributed by atoms with Gasteiger partial charge in [-0.15, -0.1) is 11.3 Å². The smallest absolute Gasteiger partial charge is 0.350 e. The molecule has 4 heterocycles. The van der Waals surface area contributed by atoms with Crippen LogP contribution < -0.4 is 5.32 Å². The quantitative estimate of drug-likeness (QED) is 0.612. The monoisotopic (exact) mass is 449 g/mol. The molecule has 164 valence electrons. The molecule has 0 aliphatic carbocycles. The van der Waals surface area contributed by atoms with Crippen molar-refractivity contribution in [3.8, 4) is 5.82 Å². The fourth-order valence-electron chi connectivity index (χ4n) is 3.77. The zero-order valence-electron chi connectivity index (χ0n) is 16.9. The van der Waals surface area contributed by atoms with Gasteiger partial charge in [-0.05, 0) is 56.4 Å². The van der Waals surface area contributed by atoms with E-state index in [4.69, 9.17) is 0 Å². The van der Waals surface area contributed by atoms with Crippen molar-refractivity contribution in [3.05, 3.63) is 63.7 Å². The minimum absolute atomic E-state index is 0.124. The van der Waals surface area contributed by atoms with Crippen molar-refractivity contribution >= 4 is 17.2 Å². The van der Waals surface area contributed by atoms with Crippen LogP contribution in [0.1, 0.15) is 45.4 Å². The second-order valence-electron chi connectivity index (χ2n) is 7.44. The number of amides is 1. The van der Waals surface area contributed by atoms with E-state index in [-0.39, 0.29) is 17.8 Å². The van der Waals surface area contributed by atoms with Crippen LogP contribution in [0.3, 0.4) is 0 Å². The van der Waals surface area contributed by atoms with Crippen LogP contribution in [0.25, 0.3) is 5.82 Å². The second-order valence-corrected chi connectivity index (χ2v) is 8.42. The van der Waals surface area contributed by atoms with E-state index in [1.165, 1.54) is 21.8 Å². The van der Waals surface area contributed by atoms with Crippen molar-refractivity contribution in [2.24, 2.45) is 0 Å². The molecule has 3 aromatic heterocycles. The normalized spacial score (nSPS) is 15.9. The summed E-state index contributed by atoms with van der Waals surface area (Å²) in [5, 5.41) is 9.19. The lowest BCUT2D eigenvalue weighted by Gasteiger charge is -2.26. The average Bonchev–Trinajstić information content (AvgIpc) is 3.50. The molecule has 0 spiro atoms. The number of hydrogen-bond donors (Lipinski definition) is 1. The summed E-state index contributed by atoms with van der Waals surface area (Å²) in [4.78, 5) is 20.3. The molecule has 31 heavy (non-hydrogen) atoms. The van der Waals surface area contributed by atoms with Gasteiger partial charge in [0.25, 0.3) is 5.91 Å². The molecule has 4 rings (SSSR count). The fraction of sp³-hybridized carbons (Fsp3) is 0.381. The zero-order valence-corrected chi connectivity index (χ0v) is 17.7. The highest BCUT2D eigenvalue weighted by atomic mass is 32.1. The van der Waals surface area contributed by atoms with Crippen LogP contribution in [0, 0.1) is 6.92 Å². The van der Waals surface area contributed by atoms with E-state index >= 15 is 0 Å². The Morgan fingerprint density at radius 1 is 1.23 bits per heavy atom. The van der Waals surface area contributed by atoms with E-state index < -0.39 is 11.7 Å². The highest BCUT2D eigenvalue weighted by Gasteiger charge is 2.31. The third-order valence-electron chi connectivity index (χ3n) is 5.46. The van der Waals surface area contributed by atoms with Gasteiger partial charge in [0, 0.05) is 17.6 Å². The summed E-state index contributed by atoms with van der Waals surface area (Å²) in [5.41, 5.74) is 0.0483. The average molecular weight is 450 g/mol. The van der Waals surface area contributed by atoms with Crippen LogP contribution in [0.2, 0.25) is 0 Å². The Balaban J connectivity index is 1.47. The molecule has 0 radical (unpaired) electrons. The SMILES string of the molecule is Cc1c(C(=O)NCC(c2cccs2)N2CCCC2)cnn1-c1ccc(C(F)(F)F)cn1. The van der Waals surface area contributed by atoms with Gasteiger partial charge in [0.15, 0.2) is 5.82 Å². The van der Waals surface area contributed by atoms with Gasteiger partial charge in [0.05, 0.1) is 29.1 Å². The molecule has 1 unspecified atom stereocenters. The first-order valence-corrected chi connectivity index (χ1v) is 10.9. The fourth-order valence-corrected chi connectivity index (χ4v) is 4.63. The van der Waals surface area contributed by atoms with Crippen LogP contribution in [-0.4, -0.2) is 45.2 Å². The van der Waals surface area contributed by atoms with E-state index in [1.54, 1.807) is 18.3 Å². The van der Waals surface area contributed by atoms with Gasteiger partial charge in [-0.1, -0.05) is 6.07 Å². The summed E-state index contributed by atoms with van der Waals surface area (Å²) >= 11 is 1.67. The Labute approximate surface area is 181 Å². The van der Waals surface area contributed by atoms with E-state index in [9.17, 15) is 18.0 Å². The van der Waals surface area contributed by atoms with Crippen molar-refractivity contribution in [1.82, 2.24) is 25.0 Å². The highest BCUT2D eigenvalue weighted by Crippen LogP contribution is 2.29. The van der Waals surface area contributed by atoms with Crippen LogP contribution in [-0.2, 0) is 6.18 Å². The van der Waals surface area contributed by atoms with Gasteiger partial charge in [0.2, 0.25) is 0 Å². The van der Waals surface area contributed by atoms with Gasteiger partial charge in [-0.25, -0.2) is 9.67 Å². The van der Waals surface area contributed by atoms with Crippen LogP contribution >= 0.6 is 11.3 Å². The molecule has 1 N–H and O–H groups in total. The molecule has 1 atom stereocenters. The molecule has 1 fully saturated rings.